The maximum absolute atomic E-state index is 14.5. The van der Waals surface area contributed by atoms with Gasteiger partial charge in [0.2, 0.25) is 41.4 Å². The molecule has 72 heavy (non-hydrogen) atoms. The standard InChI is InChI=1S/C42H54N20O10/c1-21(43)35(64)62-34(14-63)41(70)60-31(5-25-11-47-18-53-25)39(68)58-29(3-23-9-45-16-51-23)37(66)56-28(2-22-8-44-15-50-22)36(65)57-30(4-24-10-46-17-52-24)38(67)59-32(6-26-12-48-19-54-26)40(69)61-33(42(71)72)7-27-13-49-20-55-27/h8-13,15-21,28-34,63H,2-7,14,43H2,1H3,(H,44,50)(H,45,51)(H,46,52)(H,47,53)(H,48,54)(H,49,55)(H,56,66)(H,57,65)(H,58,68)(H,59,67)(H,60,70)(H,61,69)(H,62,64)(H,71,72)/t21-,28-,29-,30-,31-,32-,33-,34-/m0/s1. The van der Waals surface area contributed by atoms with E-state index in [1.165, 1.54) is 82.1 Å². The topological polar surface area (TPSA) is 459 Å². The number of amides is 7. The number of nitrogens with one attached hydrogen (secondary N) is 13. The van der Waals surface area contributed by atoms with Crippen LogP contribution in [0.3, 0.4) is 0 Å². The van der Waals surface area contributed by atoms with Gasteiger partial charge in [0.1, 0.15) is 42.3 Å². The lowest BCUT2D eigenvalue weighted by Crippen LogP contribution is -2.61. The third-order valence-electron chi connectivity index (χ3n) is 10.9. The van der Waals surface area contributed by atoms with Crippen LogP contribution in [0.5, 0.6) is 0 Å². The highest BCUT2D eigenvalue weighted by Crippen LogP contribution is 2.10. The summed E-state index contributed by atoms with van der Waals surface area (Å²) in [5.74, 6) is -7.53. The Morgan fingerprint density at radius 3 is 0.806 bits per heavy atom. The molecule has 0 unspecified atom stereocenters. The number of nitrogens with two attached hydrogens (primary N) is 1. The molecule has 0 aliphatic carbocycles. The zero-order valence-corrected chi connectivity index (χ0v) is 38.4. The summed E-state index contributed by atoms with van der Waals surface area (Å²) in [7, 11) is 0. The Morgan fingerprint density at radius 1 is 0.403 bits per heavy atom. The summed E-state index contributed by atoms with van der Waals surface area (Å²) in [6.45, 7) is 0.524. The first kappa shape index (κ1) is 52.3. The number of aliphatic hydroxyl groups excluding tert-OH is 1. The molecule has 6 aromatic rings. The number of aromatic amines is 6. The number of rotatable bonds is 28. The summed E-state index contributed by atoms with van der Waals surface area (Å²) in [6, 6.07) is -11.3. The average Bonchev–Trinajstić information content (AvgIpc) is 4.21. The van der Waals surface area contributed by atoms with Gasteiger partial charge in [0.05, 0.1) is 50.6 Å². The number of imidazole rings is 6. The van der Waals surface area contributed by atoms with E-state index in [1.807, 2.05) is 0 Å². The number of nitrogens with zero attached hydrogens (tertiary/aromatic N) is 6. The predicted molar refractivity (Wildman–Crippen MR) is 246 cm³/mol. The summed E-state index contributed by atoms with van der Waals surface area (Å²) in [6.07, 6.45) is 15.3. The Morgan fingerprint density at radius 2 is 0.611 bits per heavy atom. The minimum atomic E-state index is -1.51. The molecule has 0 spiro atoms. The van der Waals surface area contributed by atoms with Crippen LogP contribution in [0.15, 0.2) is 75.1 Å². The number of carbonyl (C=O) groups is 8. The van der Waals surface area contributed by atoms with E-state index in [0.29, 0.717) is 34.2 Å². The fourth-order valence-electron chi connectivity index (χ4n) is 7.07. The quantitative estimate of drug-likeness (QED) is 0.0218. The van der Waals surface area contributed by atoms with Crippen molar-refractivity contribution in [2.75, 3.05) is 6.61 Å². The molecule has 0 aliphatic heterocycles. The van der Waals surface area contributed by atoms with Crippen LogP contribution in [-0.2, 0) is 76.9 Å². The molecule has 0 saturated carbocycles. The molecule has 382 valence electrons. The van der Waals surface area contributed by atoms with Gasteiger partial charge in [0, 0.05) is 110 Å². The van der Waals surface area contributed by atoms with E-state index in [9.17, 15) is 48.6 Å². The minimum Gasteiger partial charge on any atom is -0.480 e. The molecular formula is C42H54N20O10. The Bertz CT molecular complexity index is 2660. The molecule has 30 nitrogen and oxygen atoms in total. The number of aromatic nitrogens is 12. The molecule has 17 N–H and O–H groups in total. The van der Waals surface area contributed by atoms with Crippen LogP contribution < -0.4 is 43.0 Å². The summed E-state index contributed by atoms with van der Waals surface area (Å²) in [5.41, 5.74) is 7.96. The first-order valence-electron chi connectivity index (χ1n) is 22.2. The molecule has 8 atom stereocenters. The van der Waals surface area contributed by atoms with Crippen molar-refractivity contribution in [1.82, 2.24) is 97.0 Å². The molecule has 0 saturated heterocycles. The molecule has 30 heteroatoms. The monoisotopic (exact) mass is 998 g/mol. The van der Waals surface area contributed by atoms with Gasteiger partial charge in [0.25, 0.3) is 0 Å². The number of carboxylic acid groups (broad SMARTS) is 1. The molecule has 6 heterocycles. The Hall–Kier alpha value is -9.06. The van der Waals surface area contributed by atoms with Gasteiger partial charge in [-0.15, -0.1) is 0 Å². The maximum Gasteiger partial charge on any atom is 0.326 e. The third kappa shape index (κ3) is 15.5. The van der Waals surface area contributed by atoms with Crippen LogP contribution in [0, 0.1) is 0 Å². The van der Waals surface area contributed by atoms with Crippen LogP contribution >= 0.6 is 0 Å². The molecule has 0 aliphatic rings. The van der Waals surface area contributed by atoms with Crippen LogP contribution in [0.1, 0.15) is 41.1 Å². The van der Waals surface area contributed by atoms with Gasteiger partial charge < -0.3 is 83.1 Å². The van der Waals surface area contributed by atoms with E-state index < -0.39 is 102 Å². The third-order valence-corrected chi connectivity index (χ3v) is 10.9. The molecular weight excluding hydrogens is 945 g/mol. The SMILES string of the molecule is C[C@H](N)C(=O)N[C@@H](CO)C(=O)N[C@@H](Cc1cnc[nH]1)C(=O)N[C@@H](Cc1cnc[nH]1)C(=O)N[C@@H](Cc1cnc[nH]1)C(=O)N[C@@H](Cc1cnc[nH]1)C(=O)N[C@@H](Cc1cnc[nH]1)C(=O)N[C@@H](Cc1cnc[nH]1)C(=O)O. The van der Waals surface area contributed by atoms with Crippen molar-refractivity contribution in [3.63, 3.8) is 0 Å². The maximum atomic E-state index is 14.5. The van der Waals surface area contributed by atoms with Gasteiger partial charge in [0.15, 0.2) is 0 Å². The average molecular weight is 999 g/mol. The van der Waals surface area contributed by atoms with Gasteiger partial charge in [-0.25, -0.2) is 34.7 Å². The number of hydrogen-bond acceptors (Lipinski definition) is 16. The van der Waals surface area contributed by atoms with Gasteiger partial charge >= 0.3 is 5.97 Å². The molecule has 0 aromatic carbocycles. The zero-order valence-electron chi connectivity index (χ0n) is 38.4. The van der Waals surface area contributed by atoms with Crippen molar-refractivity contribution in [3.8, 4) is 0 Å². The van der Waals surface area contributed by atoms with Crippen molar-refractivity contribution < 1.29 is 48.6 Å². The van der Waals surface area contributed by atoms with Crippen molar-refractivity contribution >= 4 is 47.3 Å². The highest BCUT2D eigenvalue weighted by Gasteiger charge is 2.35. The van der Waals surface area contributed by atoms with Crippen LogP contribution in [0.2, 0.25) is 0 Å². The van der Waals surface area contributed by atoms with Crippen LogP contribution in [0.25, 0.3) is 0 Å². The normalized spacial score (nSPS) is 14.5. The smallest absolute Gasteiger partial charge is 0.326 e. The van der Waals surface area contributed by atoms with Crippen molar-refractivity contribution in [3.05, 3.63) is 109 Å². The highest BCUT2D eigenvalue weighted by atomic mass is 16.4. The van der Waals surface area contributed by atoms with Gasteiger partial charge in [-0.05, 0) is 6.92 Å². The minimum absolute atomic E-state index is 0.163. The molecule has 7 amide bonds. The number of carboxylic acids is 1. The summed E-state index contributed by atoms with van der Waals surface area (Å²) < 4.78 is 0. The largest absolute Gasteiger partial charge is 0.480 e. The van der Waals surface area contributed by atoms with E-state index in [2.05, 4.69) is 97.0 Å². The number of carbonyl (C=O) groups excluding carboxylic acids is 7. The molecule has 6 rings (SSSR count). The number of H-pyrrole nitrogens is 6. The number of hydrogen-bond donors (Lipinski definition) is 16. The lowest BCUT2D eigenvalue weighted by atomic mass is 10.0. The second-order valence-corrected chi connectivity index (χ2v) is 16.4. The highest BCUT2D eigenvalue weighted by molar-refractivity contribution is 5.98. The molecule has 0 radical (unpaired) electrons. The fraction of sp³-hybridized carbons (Fsp3) is 0.381. The molecule has 0 fully saturated rings. The van der Waals surface area contributed by atoms with Crippen molar-refractivity contribution in [2.24, 2.45) is 5.73 Å². The van der Waals surface area contributed by atoms with Gasteiger partial charge in [-0.2, -0.15) is 0 Å². The summed E-state index contributed by atoms with van der Waals surface area (Å²) in [4.78, 5) is 150. The van der Waals surface area contributed by atoms with E-state index in [-0.39, 0.29) is 38.5 Å². The van der Waals surface area contributed by atoms with Crippen molar-refractivity contribution in [2.45, 2.75) is 93.8 Å². The lowest BCUT2D eigenvalue weighted by molar-refractivity contribution is -0.142. The number of aliphatic carboxylic acids is 1. The van der Waals surface area contributed by atoms with Crippen LogP contribution in [-0.4, -0.2) is 172 Å². The Labute approximate surface area is 407 Å². The van der Waals surface area contributed by atoms with E-state index in [4.69, 9.17) is 5.73 Å². The summed E-state index contributed by atoms with van der Waals surface area (Å²) >= 11 is 0. The Balaban J connectivity index is 1.24. The van der Waals surface area contributed by atoms with E-state index in [1.54, 1.807) is 0 Å². The zero-order chi connectivity index (χ0) is 51.6. The Kier molecular flexibility index (Phi) is 18.5. The lowest BCUT2D eigenvalue weighted by Gasteiger charge is -2.27. The van der Waals surface area contributed by atoms with Gasteiger partial charge in [-0.1, -0.05) is 0 Å². The van der Waals surface area contributed by atoms with E-state index in [0.717, 1.165) is 0 Å². The second-order valence-electron chi connectivity index (χ2n) is 16.4. The molecule has 0 bridgehead atoms. The number of aliphatic hydroxyl groups is 1. The predicted octanol–water partition coefficient (Wildman–Crippen LogP) is -5.40. The van der Waals surface area contributed by atoms with Gasteiger partial charge in [-0.3, -0.25) is 33.6 Å². The van der Waals surface area contributed by atoms with Crippen LogP contribution in [0.4, 0.5) is 0 Å². The fourth-order valence-corrected chi connectivity index (χ4v) is 7.07. The first-order chi connectivity index (χ1) is 34.6. The summed E-state index contributed by atoms with van der Waals surface area (Å²) in [5, 5.41) is 37.8. The van der Waals surface area contributed by atoms with E-state index >= 15 is 0 Å². The second kappa shape index (κ2) is 25.5. The molecule has 6 aromatic heterocycles. The van der Waals surface area contributed by atoms with Crippen molar-refractivity contribution in [1.29, 1.82) is 0 Å². The first-order valence-corrected chi connectivity index (χ1v) is 22.2.